The standard InChI is InChI=1S/C26H33N5O3/c1-4-31-25-20(15-28-31)23(29-17-8-6-5-7-9-17)21(14-27-25)26(32)30-18-12-16-10-11-22(33-2)24(34-3)19(16)13-18/h10-11,14-15,17-18H,4-9,12-13H2,1-3H3,(H,27,29)(H,30,32). The zero-order valence-corrected chi connectivity index (χ0v) is 20.2. The van der Waals surface area contributed by atoms with Crippen molar-refractivity contribution in [3.05, 3.63) is 41.2 Å². The van der Waals surface area contributed by atoms with Crippen molar-refractivity contribution in [2.45, 2.75) is 70.5 Å². The SMILES string of the molecule is CCn1ncc2c(NC3CCCCC3)c(C(=O)NC3Cc4ccc(OC)c(OC)c4C3)cnc21. The van der Waals surface area contributed by atoms with E-state index in [0.29, 0.717) is 18.0 Å². The Kier molecular flexibility index (Phi) is 6.30. The number of fused-ring (bicyclic) bond motifs is 2. The summed E-state index contributed by atoms with van der Waals surface area (Å²) >= 11 is 0. The minimum atomic E-state index is -0.110. The number of carbonyl (C=O) groups excluding carboxylic acids is 1. The van der Waals surface area contributed by atoms with E-state index in [4.69, 9.17) is 9.47 Å². The fraction of sp³-hybridized carbons (Fsp3) is 0.500. The molecule has 0 spiro atoms. The van der Waals surface area contributed by atoms with Crippen LogP contribution in [0.1, 0.15) is 60.5 Å². The first-order chi connectivity index (χ1) is 16.6. The smallest absolute Gasteiger partial charge is 0.255 e. The highest BCUT2D eigenvalue weighted by atomic mass is 16.5. The Labute approximate surface area is 200 Å². The largest absolute Gasteiger partial charge is 0.493 e. The molecule has 1 atom stereocenters. The lowest BCUT2D eigenvalue weighted by molar-refractivity contribution is 0.0939. The van der Waals surface area contributed by atoms with Crippen LogP contribution in [0.3, 0.4) is 0 Å². The number of ether oxygens (including phenoxy) is 2. The molecule has 8 nitrogen and oxygen atoms in total. The number of benzene rings is 1. The molecule has 5 rings (SSSR count). The molecule has 2 aromatic heterocycles. The van der Waals surface area contributed by atoms with Crippen LogP contribution in [0.15, 0.2) is 24.5 Å². The van der Waals surface area contributed by atoms with E-state index in [2.05, 4.69) is 26.8 Å². The van der Waals surface area contributed by atoms with E-state index >= 15 is 0 Å². The first-order valence-electron chi connectivity index (χ1n) is 12.3. The number of carbonyl (C=O) groups is 1. The second-order valence-electron chi connectivity index (χ2n) is 9.24. The van der Waals surface area contributed by atoms with E-state index in [1.54, 1.807) is 20.4 Å². The number of rotatable bonds is 7. The van der Waals surface area contributed by atoms with E-state index in [-0.39, 0.29) is 11.9 Å². The second-order valence-corrected chi connectivity index (χ2v) is 9.24. The summed E-state index contributed by atoms with van der Waals surface area (Å²) in [6.07, 6.45) is 10.9. The maximum atomic E-state index is 13.5. The molecule has 2 N–H and O–H groups in total. The predicted octanol–water partition coefficient (Wildman–Crippen LogP) is 4.11. The van der Waals surface area contributed by atoms with Gasteiger partial charge >= 0.3 is 0 Å². The molecule has 34 heavy (non-hydrogen) atoms. The maximum Gasteiger partial charge on any atom is 0.255 e. The number of amides is 1. The van der Waals surface area contributed by atoms with E-state index in [0.717, 1.165) is 59.6 Å². The first-order valence-corrected chi connectivity index (χ1v) is 12.3. The Bertz CT molecular complexity index is 1200. The number of aryl methyl sites for hydroxylation is 1. The third kappa shape index (κ3) is 4.06. The van der Waals surface area contributed by atoms with Crippen LogP contribution in [0.5, 0.6) is 11.5 Å². The molecule has 1 amide bonds. The summed E-state index contributed by atoms with van der Waals surface area (Å²) in [5.74, 6) is 1.36. The van der Waals surface area contributed by atoms with Gasteiger partial charge in [-0.1, -0.05) is 25.3 Å². The summed E-state index contributed by atoms with van der Waals surface area (Å²) in [5, 5.41) is 12.3. The predicted molar refractivity (Wildman–Crippen MR) is 132 cm³/mol. The molecule has 1 aromatic carbocycles. The van der Waals surface area contributed by atoms with Crippen molar-refractivity contribution in [3.63, 3.8) is 0 Å². The van der Waals surface area contributed by atoms with Crippen LogP contribution in [-0.2, 0) is 19.4 Å². The van der Waals surface area contributed by atoms with Gasteiger partial charge in [0, 0.05) is 30.4 Å². The number of pyridine rings is 1. The molecular weight excluding hydrogens is 430 g/mol. The van der Waals surface area contributed by atoms with Gasteiger partial charge < -0.3 is 20.1 Å². The average molecular weight is 464 g/mol. The lowest BCUT2D eigenvalue weighted by Gasteiger charge is -2.25. The normalized spacial score (nSPS) is 18.0. The van der Waals surface area contributed by atoms with Gasteiger partial charge in [-0.25, -0.2) is 9.67 Å². The van der Waals surface area contributed by atoms with Gasteiger partial charge in [-0.05, 0) is 44.2 Å². The number of hydrogen-bond acceptors (Lipinski definition) is 6. The van der Waals surface area contributed by atoms with Gasteiger partial charge in [0.25, 0.3) is 5.91 Å². The van der Waals surface area contributed by atoms with Crippen LogP contribution in [-0.4, -0.2) is 47.0 Å². The highest BCUT2D eigenvalue weighted by molar-refractivity contribution is 6.06. The number of methoxy groups -OCH3 is 2. The Morgan fingerprint density at radius 2 is 1.91 bits per heavy atom. The maximum absolute atomic E-state index is 13.5. The lowest BCUT2D eigenvalue weighted by atomic mass is 9.95. The minimum Gasteiger partial charge on any atom is -0.493 e. The fourth-order valence-electron chi connectivity index (χ4n) is 5.43. The number of nitrogens with zero attached hydrogens (tertiary/aromatic N) is 3. The van der Waals surface area contributed by atoms with Crippen LogP contribution >= 0.6 is 0 Å². The number of nitrogens with one attached hydrogen (secondary N) is 2. The molecule has 0 aliphatic heterocycles. The van der Waals surface area contributed by atoms with Crippen LogP contribution in [0.2, 0.25) is 0 Å². The molecule has 0 radical (unpaired) electrons. The Morgan fingerprint density at radius 1 is 1.09 bits per heavy atom. The second kappa shape index (κ2) is 9.52. The van der Waals surface area contributed by atoms with Gasteiger partial charge in [0.2, 0.25) is 0 Å². The average Bonchev–Trinajstić information content (AvgIpc) is 3.47. The molecule has 2 aliphatic carbocycles. The Hall–Kier alpha value is -3.29. The van der Waals surface area contributed by atoms with Crippen molar-refractivity contribution in [1.82, 2.24) is 20.1 Å². The van der Waals surface area contributed by atoms with Crippen LogP contribution in [0.25, 0.3) is 11.0 Å². The monoisotopic (exact) mass is 463 g/mol. The number of hydrogen-bond donors (Lipinski definition) is 2. The van der Waals surface area contributed by atoms with Crippen molar-refractivity contribution in [2.24, 2.45) is 0 Å². The zero-order chi connectivity index (χ0) is 23.7. The highest BCUT2D eigenvalue weighted by Crippen LogP contribution is 2.38. The number of anilines is 1. The van der Waals surface area contributed by atoms with Crippen molar-refractivity contribution in [3.8, 4) is 11.5 Å². The fourth-order valence-corrected chi connectivity index (χ4v) is 5.43. The molecule has 2 heterocycles. The summed E-state index contributed by atoms with van der Waals surface area (Å²) < 4.78 is 12.9. The Balaban J connectivity index is 1.42. The van der Waals surface area contributed by atoms with Crippen molar-refractivity contribution >= 4 is 22.6 Å². The third-order valence-corrected chi connectivity index (χ3v) is 7.16. The molecule has 2 aliphatic rings. The molecule has 0 saturated heterocycles. The van der Waals surface area contributed by atoms with Gasteiger partial charge in [0.05, 0.1) is 37.1 Å². The van der Waals surface area contributed by atoms with E-state index < -0.39 is 0 Å². The first kappa shape index (κ1) is 22.5. The molecule has 3 aromatic rings. The van der Waals surface area contributed by atoms with Crippen LogP contribution in [0, 0.1) is 0 Å². The third-order valence-electron chi connectivity index (χ3n) is 7.16. The Morgan fingerprint density at radius 3 is 2.65 bits per heavy atom. The summed E-state index contributed by atoms with van der Waals surface area (Å²) in [6.45, 7) is 2.78. The number of aromatic nitrogens is 3. The summed E-state index contributed by atoms with van der Waals surface area (Å²) in [4.78, 5) is 18.2. The molecule has 1 unspecified atom stereocenters. The summed E-state index contributed by atoms with van der Waals surface area (Å²) in [5.41, 5.74) is 4.52. The zero-order valence-electron chi connectivity index (χ0n) is 20.2. The van der Waals surface area contributed by atoms with E-state index in [9.17, 15) is 4.79 Å². The topological polar surface area (TPSA) is 90.3 Å². The summed E-state index contributed by atoms with van der Waals surface area (Å²) in [7, 11) is 3.30. The van der Waals surface area contributed by atoms with E-state index in [1.165, 1.54) is 24.8 Å². The van der Waals surface area contributed by atoms with Gasteiger partial charge in [0.1, 0.15) is 0 Å². The molecular formula is C26H33N5O3. The minimum absolute atomic E-state index is 0.0138. The molecule has 180 valence electrons. The van der Waals surface area contributed by atoms with E-state index in [1.807, 2.05) is 23.9 Å². The molecule has 8 heteroatoms. The van der Waals surface area contributed by atoms with Gasteiger partial charge in [-0.2, -0.15) is 5.10 Å². The summed E-state index contributed by atoms with van der Waals surface area (Å²) in [6, 6.07) is 4.34. The van der Waals surface area contributed by atoms with Crippen molar-refractivity contribution in [2.75, 3.05) is 19.5 Å². The lowest BCUT2D eigenvalue weighted by Crippen LogP contribution is -2.36. The quantitative estimate of drug-likeness (QED) is 0.548. The van der Waals surface area contributed by atoms with Crippen LogP contribution < -0.4 is 20.1 Å². The van der Waals surface area contributed by atoms with Gasteiger partial charge in [0.15, 0.2) is 17.1 Å². The van der Waals surface area contributed by atoms with Crippen molar-refractivity contribution < 1.29 is 14.3 Å². The molecule has 1 fully saturated rings. The highest BCUT2D eigenvalue weighted by Gasteiger charge is 2.29. The molecule has 0 bridgehead atoms. The van der Waals surface area contributed by atoms with Gasteiger partial charge in [-0.15, -0.1) is 0 Å². The van der Waals surface area contributed by atoms with Crippen molar-refractivity contribution in [1.29, 1.82) is 0 Å². The molecule has 1 saturated carbocycles. The van der Waals surface area contributed by atoms with Gasteiger partial charge in [-0.3, -0.25) is 4.79 Å². The van der Waals surface area contributed by atoms with Crippen LogP contribution in [0.4, 0.5) is 5.69 Å².